The molecule has 126 valence electrons. The Bertz CT molecular complexity index is 524. The van der Waals surface area contributed by atoms with Crippen LogP contribution in [-0.4, -0.2) is 29.6 Å². The topological polar surface area (TPSA) is 92.4 Å². The molecule has 0 saturated heterocycles. The standard InChI is InChI=1S/C18H26N2O3/c19-15(11-14-7-3-1-4-8-14)17(23)20-13-18(12-16(21)22)9-5-2-6-10-18/h1,3-4,7-8,15H,2,5-6,9-13,19H2,(H,20,23)(H,21,22)/t15-/m0/s1. The molecule has 1 atom stereocenters. The van der Waals surface area contributed by atoms with Gasteiger partial charge in [-0.2, -0.15) is 0 Å². The summed E-state index contributed by atoms with van der Waals surface area (Å²) in [7, 11) is 0. The molecule has 5 heteroatoms. The van der Waals surface area contributed by atoms with Crippen LogP contribution in [0.1, 0.15) is 44.1 Å². The van der Waals surface area contributed by atoms with Crippen LogP contribution in [0.5, 0.6) is 0 Å². The van der Waals surface area contributed by atoms with E-state index in [4.69, 9.17) is 10.8 Å². The molecule has 0 aliphatic heterocycles. The van der Waals surface area contributed by atoms with Crippen LogP contribution in [-0.2, 0) is 16.0 Å². The third kappa shape index (κ3) is 5.36. The number of nitrogens with two attached hydrogens (primary N) is 1. The van der Waals surface area contributed by atoms with Crippen molar-refractivity contribution in [1.29, 1.82) is 0 Å². The van der Waals surface area contributed by atoms with Crippen LogP contribution >= 0.6 is 0 Å². The Morgan fingerprint density at radius 3 is 2.43 bits per heavy atom. The first-order chi connectivity index (χ1) is 11.0. The molecular weight excluding hydrogens is 292 g/mol. The first kappa shape index (κ1) is 17.5. The summed E-state index contributed by atoms with van der Waals surface area (Å²) in [5.41, 5.74) is 6.69. The Hall–Kier alpha value is -1.88. The van der Waals surface area contributed by atoms with Gasteiger partial charge in [0.2, 0.25) is 5.91 Å². The Morgan fingerprint density at radius 2 is 1.83 bits per heavy atom. The normalized spacial score (nSPS) is 18.1. The van der Waals surface area contributed by atoms with Gasteiger partial charge >= 0.3 is 5.97 Å². The van der Waals surface area contributed by atoms with E-state index in [1.54, 1.807) is 0 Å². The Labute approximate surface area is 137 Å². The van der Waals surface area contributed by atoms with Crippen molar-refractivity contribution < 1.29 is 14.7 Å². The van der Waals surface area contributed by atoms with E-state index >= 15 is 0 Å². The molecule has 1 aromatic carbocycles. The van der Waals surface area contributed by atoms with E-state index in [0.717, 1.165) is 37.7 Å². The molecule has 1 fully saturated rings. The lowest BCUT2D eigenvalue weighted by molar-refractivity contribution is -0.140. The third-order valence-electron chi connectivity index (χ3n) is 4.71. The van der Waals surface area contributed by atoms with Crippen molar-refractivity contribution in [3.8, 4) is 0 Å². The fourth-order valence-corrected chi connectivity index (χ4v) is 3.41. The number of hydrogen-bond acceptors (Lipinski definition) is 3. The second kappa shape index (κ2) is 8.11. The van der Waals surface area contributed by atoms with Crippen LogP contribution in [0.25, 0.3) is 0 Å². The Morgan fingerprint density at radius 1 is 1.17 bits per heavy atom. The molecular formula is C18H26N2O3. The van der Waals surface area contributed by atoms with Gasteiger partial charge in [-0.3, -0.25) is 9.59 Å². The molecule has 0 unspecified atom stereocenters. The second-order valence-corrected chi connectivity index (χ2v) is 6.65. The number of carboxylic acids is 1. The van der Waals surface area contributed by atoms with Gasteiger partial charge in [-0.25, -0.2) is 0 Å². The summed E-state index contributed by atoms with van der Waals surface area (Å²) in [6, 6.07) is 9.05. The van der Waals surface area contributed by atoms with Crippen LogP contribution in [0, 0.1) is 5.41 Å². The molecule has 0 bridgehead atoms. The monoisotopic (exact) mass is 318 g/mol. The van der Waals surface area contributed by atoms with E-state index in [9.17, 15) is 9.59 Å². The number of carbonyl (C=O) groups excluding carboxylic acids is 1. The number of hydrogen-bond donors (Lipinski definition) is 3. The van der Waals surface area contributed by atoms with Crippen molar-refractivity contribution in [2.24, 2.45) is 11.1 Å². The summed E-state index contributed by atoms with van der Waals surface area (Å²) >= 11 is 0. The molecule has 2 rings (SSSR count). The molecule has 23 heavy (non-hydrogen) atoms. The number of amides is 1. The number of benzene rings is 1. The number of aliphatic carboxylic acids is 1. The first-order valence-corrected chi connectivity index (χ1v) is 8.30. The van der Waals surface area contributed by atoms with Crippen molar-refractivity contribution in [3.05, 3.63) is 35.9 Å². The highest BCUT2D eigenvalue weighted by Gasteiger charge is 2.35. The van der Waals surface area contributed by atoms with Crippen molar-refractivity contribution >= 4 is 11.9 Å². The lowest BCUT2D eigenvalue weighted by atomic mass is 9.71. The minimum atomic E-state index is -0.797. The maximum absolute atomic E-state index is 12.2. The zero-order valence-electron chi connectivity index (χ0n) is 13.5. The molecule has 4 N–H and O–H groups in total. The van der Waals surface area contributed by atoms with Crippen molar-refractivity contribution in [1.82, 2.24) is 5.32 Å². The smallest absolute Gasteiger partial charge is 0.303 e. The molecule has 0 aromatic heterocycles. The fourth-order valence-electron chi connectivity index (χ4n) is 3.41. The van der Waals surface area contributed by atoms with Gasteiger partial charge in [-0.15, -0.1) is 0 Å². The van der Waals surface area contributed by atoms with Crippen molar-refractivity contribution in [2.45, 2.75) is 51.0 Å². The minimum Gasteiger partial charge on any atom is -0.481 e. The molecule has 0 heterocycles. The summed E-state index contributed by atoms with van der Waals surface area (Å²) in [6.45, 7) is 0.403. The SMILES string of the molecule is N[C@@H](Cc1ccccc1)C(=O)NCC1(CC(=O)O)CCCCC1. The fraction of sp³-hybridized carbons (Fsp3) is 0.556. The lowest BCUT2D eigenvalue weighted by Gasteiger charge is -2.36. The quantitative estimate of drug-likeness (QED) is 0.718. The molecule has 1 aliphatic rings. The van der Waals surface area contributed by atoms with Crippen LogP contribution < -0.4 is 11.1 Å². The molecule has 1 saturated carbocycles. The van der Waals surface area contributed by atoms with Gasteiger partial charge in [-0.05, 0) is 30.2 Å². The van der Waals surface area contributed by atoms with E-state index in [1.165, 1.54) is 0 Å². The Balaban J connectivity index is 1.89. The van der Waals surface area contributed by atoms with Gasteiger partial charge < -0.3 is 16.2 Å². The Kier molecular flexibility index (Phi) is 6.16. The summed E-state index contributed by atoms with van der Waals surface area (Å²) < 4.78 is 0. The number of carbonyl (C=O) groups is 2. The van der Waals surface area contributed by atoms with Crippen molar-refractivity contribution in [3.63, 3.8) is 0 Å². The van der Waals surface area contributed by atoms with Gasteiger partial charge in [0.1, 0.15) is 0 Å². The highest BCUT2D eigenvalue weighted by atomic mass is 16.4. The summed E-state index contributed by atoms with van der Waals surface area (Å²) in [4.78, 5) is 23.4. The average Bonchev–Trinajstić information content (AvgIpc) is 2.54. The number of rotatable bonds is 7. The van der Waals surface area contributed by atoms with Crippen LogP contribution in [0.4, 0.5) is 0 Å². The molecule has 0 spiro atoms. The predicted octanol–water partition coefficient (Wildman–Crippen LogP) is 2.10. The molecule has 5 nitrogen and oxygen atoms in total. The van der Waals surface area contributed by atoms with Gasteiger partial charge in [-0.1, -0.05) is 49.6 Å². The van der Waals surface area contributed by atoms with Gasteiger partial charge in [0.15, 0.2) is 0 Å². The summed E-state index contributed by atoms with van der Waals surface area (Å²) in [6.07, 6.45) is 5.50. The minimum absolute atomic E-state index is 0.112. The number of nitrogens with one attached hydrogen (secondary N) is 1. The van der Waals surface area contributed by atoms with E-state index < -0.39 is 12.0 Å². The highest BCUT2D eigenvalue weighted by Crippen LogP contribution is 2.38. The highest BCUT2D eigenvalue weighted by molar-refractivity contribution is 5.82. The van der Waals surface area contributed by atoms with Gasteiger partial charge in [0, 0.05) is 6.54 Å². The molecule has 1 amide bonds. The average molecular weight is 318 g/mol. The van der Waals surface area contributed by atoms with E-state index in [0.29, 0.717) is 13.0 Å². The van der Waals surface area contributed by atoms with Crippen LogP contribution in [0.3, 0.4) is 0 Å². The maximum Gasteiger partial charge on any atom is 0.303 e. The van der Waals surface area contributed by atoms with Gasteiger partial charge in [0.25, 0.3) is 0 Å². The molecule has 1 aliphatic carbocycles. The third-order valence-corrected chi connectivity index (χ3v) is 4.71. The van der Waals surface area contributed by atoms with E-state index in [-0.39, 0.29) is 17.7 Å². The second-order valence-electron chi connectivity index (χ2n) is 6.65. The number of carboxylic acid groups (broad SMARTS) is 1. The predicted molar refractivity (Wildman–Crippen MR) is 88.9 cm³/mol. The van der Waals surface area contributed by atoms with Crippen molar-refractivity contribution in [2.75, 3.05) is 6.54 Å². The largest absolute Gasteiger partial charge is 0.481 e. The van der Waals surface area contributed by atoms with E-state index in [2.05, 4.69) is 5.32 Å². The summed E-state index contributed by atoms with van der Waals surface area (Å²) in [5.74, 6) is -1.00. The zero-order chi connectivity index (χ0) is 16.7. The zero-order valence-corrected chi connectivity index (χ0v) is 13.5. The van der Waals surface area contributed by atoms with Gasteiger partial charge in [0.05, 0.1) is 12.5 Å². The first-order valence-electron chi connectivity index (χ1n) is 8.30. The van der Waals surface area contributed by atoms with Crippen LogP contribution in [0.2, 0.25) is 0 Å². The lowest BCUT2D eigenvalue weighted by Crippen LogP contribution is -2.47. The summed E-state index contributed by atoms with van der Waals surface area (Å²) in [5, 5.41) is 12.1. The van der Waals surface area contributed by atoms with Crippen LogP contribution in [0.15, 0.2) is 30.3 Å². The molecule has 1 aromatic rings. The maximum atomic E-state index is 12.2. The van der Waals surface area contributed by atoms with E-state index in [1.807, 2.05) is 30.3 Å². The molecule has 0 radical (unpaired) electrons.